The van der Waals surface area contributed by atoms with Crippen LogP contribution in [0, 0.1) is 11.3 Å². The van der Waals surface area contributed by atoms with Crippen molar-refractivity contribution < 1.29 is 0 Å². The largest absolute Gasteiger partial charge is 0.278 e. The number of nitriles is 1. The first-order valence-corrected chi connectivity index (χ1v) is 7.08. The van der Waals surface area contributed by atoms with Gasteiger partial charge in [-0.1, -0.05) is 18.2 Å². The molecule has 0 saturated carbocycles. The molecule has 0 aliphatic carbocycles. The van der Waals surface area contributed by atoms with Crippen molar-refractivity contribution in [1.29, 1.82) is 5.26 Å². The Morgan fingerprint density at radius 2 is 2.15 bits per heavy atom. The normalized spacial score (nSPS) is 10.6. The van der Waals surface area contributed by atoms with E-state index < -0.39 is 0 Å². The zero-order valence-corrected chi connectivity index (χ0v) is 11.8. The first kappa shape index (κ1) is 12.9. The zero-order valence-electron chi connectivity index (χ0n) is 10.2. The molecule has 3 rings (SSSR count). The van der Waals surface area contributed by atoms with Gasteiger partial charge in [0.25, 0.3) is 5.56 Å². The summed E-state index contributed by atoms with van der Waals surface area (Å²) in [5, 5.41) is 11.0. The summed E-state index contributed by atoms with van der Waals surface area (Å²) in [4.78, 5) is 16.6. The second kappa shape index (κ2) is 5.08. The van der Waals surface area contributed by atoms with Crippen LogP contribution in [0.15, 0.2) is 40.5 Å². The molecule has 1 aromatic carbocycles. The quantitative estimate of drug-likeness (QED) is 0.684. The van der Waals surface area contributed by atoms with E-state index >= 15 is 0 Å². The van der Waals surface area contributed by atoms with Crippen LogP contribution in [0.1, 0.15) is 11.1 Å². The average molecular weight is 302 g/mol. The van der Waals surface area contributed by atoms with Crippen LogP contribution in [0.3, 0.4) is 0 Å². The lowest BCUT2D eigenvalue weighted by Gasteiger charge is -2.09. The third-order valence-electron chi connectivity index (χ3n) is 2.99. The number of hydrogen-bond donors (Lipinski definition) is 0. The van der Waals surface area contributed by atoms with E-state index in [1.165, 1.54) is 15.9 Å². The summed E-state index contributed by atoms with van der Waals surface area (Å²) in [5.41, 5.74) is 1.70. The summed E-state index contributed by atoms with van der Waals surface area (Å²) >= 11 is 7.42. The highest BCUT2D eigenvalue weighted by Gasteiger charge is 2.12. The van der Waals surface area contributed by atoms with Gasteiger partial charge in [-0.15, -0.1) is 11.3 Å². The predicted molar refractivity (Wildman–Crippen MR) is 79.1 cm³/mol. The molecule has 0 saturated heterocycles. The Morgan fingerprint density at radius 1 is 1.35 bits per heavy atom. The molecular weight excluding hydrogens is 294 g/mol. The van der Waals surface area contributed by atoms with Crippen molar-refractivity contribution in [1.82, 2.24) is 9.55 Å². The highest BCUT2D eigenvalue weighted by Crippen LogP contribution is 2.18. The van der Waals surface area contributed by atoms with E-state index in [0.717, 1.165) is 5.56 Å². The minimum Gasteiger partial charge on any atom is -0.278 e. The van der Waals surface area contributed by atoms with Crippen LogP contribution < -0.4 is 5.56 Å². The summed E-state index contributed by atoms with van der Waals surface area (Å²) in [6, 6.07) is 11.0. The molecule has 98 valence electrons. The molecular formula is C14H8ClN3OS. The van der Waals surface area contributed by atoms with Crippen LogP contribution in [0.25, 0.3) is 10.2 Å². The van der Waals surface area contributed by atoms with Gasteiger partial charge in [0.15, 0.2) is 0 Å². The number of fused-ring (bicyclic) bond motifs is 1. The van der Waals surface area contributed by atoms with E-state index in [2.05, 4.69) is 11.1 Å². The first-order valence-electron chi connectivity index (χ1n) is 5.82. The van der Waals surface area contributed by atoms with Gasteiger partial charge in [-0.05, 0) is 34.7 Å². The molecule has 2 aromatic heterocycles. The van der Waals surface area contributed by atoms with Gasteiger partial charge in [-0.2, -0.15) is 5.26 Å². The van der Waals surface area contributed by atoms with Crippen molar-refractivity contribution in [3.8, 4) is 6.07 Å². The Bertz CT molecular complexity index is 891. The van der Waals surface area contributed by atoms with Gasteiger partial charge >= 0.3 is 0 Å². The Kier molecular flexibility index (Phi) is 3.26. The molecule has 0 atom stereocenters. The molecule has 4 nitrogen and oxygen atoms in total. The fourth-order valence-corrected chi connectivity index (χ4v) is 3.00. The summed E-state index contributed by atoms with van der Waals surface area (Å²) < 4.78 is 1.96. The van der Waals surface area contributed by atoms with Gasteiger partial charge in [0.2, 0.25) is 5.28 Å². The number of hydrogen-bond acceptors (Lipinski definition) is 4. The molecule has 0 unspecified atom stereocenters. The van der Waals surface area contributed by atoms with E-state index in [0.29, 0.717) is 15.8 Å². The Morgan fingerprint density at radius 3 is 2.95 bits per heavy atom. The molecule has 3 aromatic rings. The Labute approximate surface area is 123 Å². The number of rotatable bonds is 2. The number of aromatic nitrogens is 2. The molecule has 20 heavy (non-hydrogen) atoms. The first-order chi connectivity index (χ1) is 9.70. The number of halogens is 1. The van der Waals surface area contributed by atoms with E-state index in [-0.39, 0.29) is 17.4 Å². The Hall–Kier alpha value is -2.16. The molecule has 0 radical (unpaired) electrons. The zero-order chi connectivity index (χ0) is 14.1. The molecule has 0 fully saturated rings. The minimum absolute atomic E-state index is 0.133. The van der Waals surface area contributed by atoms with Gasteiger partial charge in [0.05, 0.1) is 23.7 Å². The summed E-state index contributed by atoms with van der Waals surface area (Å²) in [7, 11) is 0. The molecule has 6 heteroatoms. The van der Waals surface area contributed by atoms with Gasteiger partial charge in [0, 0.05) is 0 Å². The lowest BCUT2D eigenvalue weighted by molar-refractivity contribution is 0.749. The van der Waals surface area contributed by atoms with Crippen molar-refractivity contribution in [2.45, 2.75) is 6.54 Å². The molecule has 0 aliphatic rings. The van der Waals surface area contributed by atoms with Gasteiger partial charge in [0.1, 0.15) is 4.70 Å². The highest BCUT2D eigenvalue weighted by molar-refractivity contribution is 7.17. The van der Waals surface area contributed by atoms with Crippen LogP contribution in [-0.4, -0.2) is 9.55 Å². The molecule has 0 bridgehead atoms. The molecule has 2 heterocycles. The smallest absolute Gasteiger partial charge is 0.272 e. The monoisotopic (exact) mass is 301 g/mol. The number of thiophene rings is 1. The maximum atomic E-state index is 12.4. The van der Waals surface area contributed by atoms with Crippen LogP contribution in [-0.2, 0) is 6.54 Å². The fourth-order valence-electron chi connectivity index (χ4n) is 1.99. The minimum atomic E-state index is -0.178. The summed E-state index contributed by atoms with van der Waals surface area (Å²) in [6.07, 6.45) is 0. The number of benzene rings is 1. The van der Waals surface area contributed by atoms with Gasteiger partial charge in [-0.25, -0.2) is 4.98 Å². The fraction of sp³-hybridized carbons (Fsp3) is 0.0714. The lowest BCUT2D eigenvalue weighted by atomic mass is 10.1. The predicted octanol–water partition coefficient (Wildman–Crippen LogP) is 3.03. The van der Waals surface area contributed by atoms with E-state index in [9.17, 15) is 4.79 Å². The van der Waals surface area contributed by atoms with Crippen molar-refractivity contribution in [3.63, 3.8) is 0 Å². The second-order valence-corrected chi connectivity index (χ2v) is 5.43. The van der Waals surface area contributed by atoms with E-state index in [1.54, 1.807) is 24.3 Å². The van der Waals surface area contributed by atoms with Crippen molar-refractivity contribution in [2.24, 2.45) is 0 Å². The summed E-state index contributed by atoms with van der Waals surface area (Å²) in [5.74, 6) is 0. The van der Waals surface area contributed by atoms with Gasteiger partial charge in [-0.3, -0.25) is 9.36 Å². The van der Waals surface area contributed by atoms with Crippen molar-refractivity contribution in [3.05, 3.63) is 62.5 Å². The number of nitrogens with zero attached hydrogens (tertiary/aromatic N) is 3. The third-order valence-corrected chi connectivity index (χ3v) is 4.17. The molecule has 0 spiro atoms. The SMILES string of the molecule is N#Cc1ccccc1Cn1c(Cl)nc2ccsc2c1=O. The molecule has 0 N–H and O–H groups in total. The van der Waals surface area contributed by atoms with Crippen LogP contribution in [0.2, 0.25) is 5.28 Å². The maximum absolute atomic E-state index is 12.4. The van der Waals surface area contributed by atoms with Crippen molar-refractivity contribution in [2.75, 3.05) is 0 Å². The Balaban J connectivity index is 2.16. The van der Waals surface area contributed by atoms with Crippen LogP contribution in [0.4, 0.5) is 0 Å². The standard InChI is InChI=1S/C14H8ClN3OS/c15-14-17-11-5-6-20-12(11)13(19)18(14)8-10-4-2-1-3-9(10)7-16/h1-6H,8H2. The van der Waals surface area contributed by atoms with Crippen LogP contribution in [0.5, 0.6) is 0 Å². The second-order valence-electron chi connectivity index (χ2n) is 4.18. The lowest BCUT2D eigenvalue weighted by Crippen LogP contribution is -2.22. The van der Waals surface area contributed by atoms with Crippen molar-refractivity contribution >= 4 is 33.2 Å². The molecule has 0 amide bonds. The highest BCUT2D eigenvalue weighted by atomic mass is 35.5. The third kappa shape index (κ3) is 2.09. The topological polar surface area (TPSA) is 58.7 Å². The van der Waals surface area contributed by atoms with E-state index in [4.69, 9.17) is 16.9 Å². The summed E-state index contributed by atoms with van der Waals surface area (Å²) in [6.45, 7) is 0.238. The van der Waals surface area contributed by atoms with Crippen LogP contribution >= 0.6 is 22.9 Å². The molecule has 0 aliphatic heterocycles. The maximum Gasteiger partial charge on any atom is 0.272 e. The van der Waals surface area contributed by atoms with E-state index in [1.807, 2.05) is 11.4 Å². The average Bonchev–Trinajstić information content (AvgIpc) is 2.92. The van der Waals surface area contributed by atoms with Gasteiger partial charge < -0.3 is 0 Å².